The van der Waals surface area contributed by atoms with E-state index in [4.69, 9.17) is 0 Å². The van der Waals surface area contributed by atoms with Gasteiger partial charge < -0.3 is 10.2 Å². The monoisotopic (exact) mass is 302 g/mol. The number of nitrogens with zero attached hydrogens (tertiary/aromatic N) is 1. The van der Waals surface area contributed by atoms with E-state index < -0.39 is 6.04 Å². The van der Waals surface area contributed by atoms with Crippen LogP contribution in [0.15, 0.2) is 30.9 Å². The van der Waals surface area contributed by atoms with Crippen LogP contribution >= 0.6 is 0 Å². The maximum atomic E-state index is 12.5. The summed E-state index contributed by atoms with van der Waals surface area (Å²) < 4.78 is 0. The van der Waals surface area contributed by atoms with Crippen LogP contribution in [0.2, 0.25) is 0 Å². The number of hydrogen-bond donors (Lipinski definition) is 1. The SMILES string of the molecule is C=CCN(C(C)=O)C(C)C(=O)Nc1c(CC)cccc1CC. The predicted octanol–water partition coefficient (Wildman–Crippen LogP) is 3.17. The minimum atomic E-state index is -0.537. The molecule has 0 fully saturated rings. The first-order valence-corrected chi connectivity index (χ1v) is 7.75. The number of carbonyl (C=O) groups excluding carboxylic acids is 2. The Morgan fingerprint density at radius 2 is 1.82 bits per heavy atom. The van der Waals surface area contributed by atoms with Crippen LogP contribution in [0.3, 0.4) is 0 Å². The van der Waals surface area contributed by atoms with Gasteiger partial charge in [0.05, 0.1) is 0 Å². The van der Waals surface area contributed by atoms with Gasteiger partial charge in [0.2, 0.25) is 11.8 Å². The zero-order valence-electron chi connectivity index (χ0n) is 14.0. The number of amides is 2. The predicted molar refractivity (Wildman–Crippen MR) is 90.9 cm³/mol. The molecule has 1 aromatic carbocycles. The minimum Gasteiger partial charge on any atom is -0.327 e. The average Bonchev–Trinajstić information content (AvgIpc) is 2.51. The normalized spacial score (nSPS) is 11.6. The van der Waals surface area contributed by atoms with Crippen LogP contribution in [0.4, 0.5) is 5.69 Å². The fourth-order valence-electron chi connectivity index (χ4n) is 2.47. The molecule has 120 valence electrons. The second kappa shape index (κ2) is 8.37. The Morgan fingerprint density at radius 3 is 2.23 bits per heavy atom. The highest BCUT2D eigenvalue weighted by Gasteiger charge is 2.23. The van der Waals surface area contributed by atoms with E-state index in [1.165, 1.54) is 11.8 Å². The van der Waals surface area contributed by atoms with E-state index in [0.29, 0.717) is 6.54 Å². The van der Waals surface area contributed by atoms with Crippen molar-refractivity contribution >= 4 is 17.5 Å². The molecule has 22 heavy (non-hydrogen) atoms. The van der Waals surface area contributed by atoms with Gasteiger partial charge in [0.15, 0.2) is 0 Å². The largest absolute Gasteiger partial charge is 0.327 e. The zero-order chi connectivity index (χ0) is 16.7. The Balaban J connectivity index is 3.01. The smallest absolute Gasteiger partial charge is 0.246 e. The molecule has 1 rings (SSSR count). The van der Waals surface area contributed by atoms with Crippen molar-refractivity contribution in [2.45, 2.75) is 46.6 Å². The summed E-state index contributed by atoms with van der Waals surface area (Å²) >= 11 is 0. The molecular weight excluding hydrogens is 276 g/mol. The molecule has 1 unspecified atom stereocenters. The number of aryl methyl sites for hydroxylation is 2. The standard InChI is InChI=1S/C18H26N2O2/c1-6-12-20(14(5)21)13(4)18(22)19-17-15(7-2)10-9-11-16(17)8-3/h6,9-11,13H,1,7-8,12H2,2-5H3,(H,19,22). The molecule has 1 aromatic rings. The number of nitrogens with one attached hydrogen (secondary N) is 1. The van der Waals surface area contributed by atoms with Crippen LogP contribution < -0.4 is 5.32 Å². The van der Waals surface area contributed by atoms with Gasteiger partial charge >= 0.3 is 0 Å². The van der Waals surface area contributed by atoms with Crippen molar-refractivity contribution < 1.29 is 9.59 Å². The van der Waals surface area contributed by atoms with Crippen LogP contribution in [-0.4, -0.2) is 29.3 Å². The quantitative estimate of drug-likeness (QED) is 0.786. The summed E-state index contributed by atoms with van der Waals surface area (Å²) in [6.07, 6.45) is 3.32. The van der Waals surface area contributed by atoms with Gasteiger partial charge in [0.25, 0.3) is 0 Å². The van der Waals surface area contributed by atoms with E-state index in [1.807, 2.05) is 18.2 Å². The second-order valence-corrected chi connectivity index (χ2v) is 5.28. The highest BCUT2D eigenvalue weighted by molar-refractivity contribution is 5.97. The Kier molecular flexibility index (Phi) is 6.83. The molecule has 4 nitrogen and oxygen atoms in total. The van der Waals surface area contributed by atoms with Crippen LogP contribution in [0.1, 0.15) is 38.8 Å². The molecule has 0 heterocycles. The van der Waals surface area contributed by atoms with Gasteiger partial charge in [0, 0.05) is 19.2 Å². The summed E-state index contributed by atoms with van der Waals surface area (Å²) in [6, 6.07) is 5.51. The lowest BCUT2D eigenvalue weighted by Crippen LogP contribution is -2.44. The van der Waals surface area contributed by atoms with Crippen molar-refractivity contribution in [2.24, 2.45) is 0 Å². The number of anilines is 1. The van der Waals surface area contributed by atoms with E-state index in [9.17, 15) is 9.59 Å². The van der Waals surface area contributed by atoms with E-state index in [-0.39, 0.29) is 11.8 Å². The first-order valence-electron chi connectivity index (χ1n) is 7.75. The van der Waals surface area contributed by atoms with Gasteiger partial charge in [-0.25, -0.2) is 0 Å². The fraction of sp³-hybridized carbons (Fsp3) is 0.444. The third-order valence-corrected chi connectivity index (χ3v) is 3.82. The van der Waals surface area contributed by atoms with Gasteiger partial charge in [-0.2, -0.15) is 0 Å². The lowest BCUT2D eigenvalue weighted by Gasteiger charge is -2.27. The van der Waals surface area contributed by atoms with Crippen molar-refractivity contribution in [1.29, 1.82) is 0 Å². The van der Waals surface area contributed by atoms with E-state index in [2.05, 4.69) is 25.7 Å². The van der Waals surface area contributed by atoms with E-state index in [1.54, 1.807) is 13.0 Å². The molecule has 0 bridgehead atoms. The molecule has 0 saturated carbocycles. The summed E-state index contributed by atoms with van der Waals surface area (Å²) in [7, 11) is 0. The summed E-state index contributed by atoms with van der Waals surface area (Å²) in [5, 5.41) is 3.01. The van der Waals surface area contributed by atoms with E-state index >= 15 is 0 Å². The number of carbonyl (C=O) groups is 2. The second-order valence-electron chi connectivity index (χ2n) is 5.28. The number of para-hydroxylation sites is 1. The molecule has 2 amide bonds. The fourth-order valence-corrected chi connectivity index (χ4v) is 2.47. The van der Waals surface area contributed by atoms with Gasteiger partial charge in [-0.15, -0.1) is 6.58 Å². The van der Waals surface area contributed by atoms with Crippen molar-refractivity contribution in [2.75, 3.05) is 11.9 Å². The average molecular weight is 302 g/mol. The first-order chi connectivity index (χ1) is 10.5. The maximum Gasteiger partial charge on any atom is 0.246 e. The third-order valence-electron chi connectivity index (χ3n) is 3.82. The summed E-state index contributed by atoms with van der Waals surface area (Å²) in [5.41, 5.74) is 3.10. The Morgan fingerprint density at radius 1 is 1.27 bits per heavy atom. The van der Waals surface area contributed by atoms with Crippen LogP contribution in [0.5, 0.6) is 0 Å². The van der Waals surface area contributed by atoms with Gasteiger partial charge in [-0.1, -0.05) is 38.1 Å². The Labute approximate surface area is 133 Å². The van der Waals surface area contributed by atoms with Crippen molar-refractivity contribution in [1.82, 2.24) is 4.90 Å². The maximum absolute atomic E-state index is 12.5. The molecular formula is C18H26N2O2. The molecule has 0 aliphatic heterocycles. The molecule has 4 heteroatoms. The van der Waals surface area contributed by atoms with Crippen LogP contribution in [0, 0.1) is 0 Å². The lowest BCUT2D eigenvalue weighted by molar-refractivity contribution is -0.135. The lowest BCUT2D eigenvalue weighted by atomic mass is 10.0. The van der Waals surface area contributed by atoms with Crippen molar-refractivity contribution in [3.8, 4) is 0 Å². The molecule has 0 aliphatic carbocycles. The van der Waals surface area contributed by atoms with Crippen molar-refractivity contribution in [3.05, 3.63) is 42.0 Å². The molecule has 0 spiro atoms. The third kappa shape index (κ3) is 4.20. The van der Waals surface area contributed by atoms with Gasteiger partial charge in [0.1, 0.15) is 6.04 Å². The van der Waals surface area contributed by atoms with Gasteiger partial charge in [-0.3, -0.25) is 9.59 Å². The van der Waals surface area contributed by atoms with Crippen LogP contribution in [0.25, 0.3) is 0 Å². The Bertz CT molecular complexity index is 530. The highest BCUT2D eigenvalue weighted by Crippen LogP contribution is 2.23. The summed E-state index contributed by atoms with van der Waals surface area (Å²) in [4.78, 5) is 25.7. The topological polar surface area (TPSA) is 49.4 Å². The molecule has 0 aromatic heterocycles. The summed E-state index contributed by atoms with van der Waals surface area (Å²) in [5.74, 6) is -0.310. The van der Waals surface area contributed by atoms with Crippen LogP contribution in [-0.2, 0) is 22.4 Å². The first kappa shape index (κ1) is 18.0. The van der Waals surface area contributed by atoms with E-state index in [0.717, 1.165) is 29.7 Å². The molecule has 1 atom stereocenters. The number of rotatable bonds is 7. The number of hydrogen-bond acceptors (Lipinski definition) is 2. The minimum absolute atomic E-state index is 0.137. The highest BCUT2D eigenvalue weighted by atomic mass is 16.2. The molecule has 0 aliphatic rings. The Hall–Kier alpha value is -2.10. The molecule has 1 N–H and O–H groups in total. The van der Waals surface area contributed by atoms with Gasteiger partial charge in [-0.05, 0) is 30.9 Å². The molecule has 0 saturated heterocycles. The molecule has 0 radical (unpaired) electrons. The van der Waals surface area contributed by atoms with Crippen molar-refractivity contribution in [3.63, 3.8) is 0 Å². The number of benzene rings is 1. The summed E-state index contributed by atoms with van der Waals surface area (Å²) in [6.45, 7) is 11.3. The zero-order valence-corrected chi connectivity index (χ0v) is 14.0.